The van der Waals surface area contributed by atoms with Crippen LogP contribution in [-0.4, -0.2) is 71.9 Å². The Balaban J connectivity index is 1.32. The molecule has 2 fully saturated rings. The predicted molar refractivity (Wildman–Crippen MR) is 144 cm³/mol. The molecule has 4 rings (SSSR count). The van der Waals surface area contributed by atoms with E-state index >= 15 is 4.39 Å². The number of carbonyl (C=O) groups excluding carboxylic acids is 2. The maximum Gasteiger partial charge on any atom is 0.219 e. The molecular formula is C28H37FN4O3S. The predicted octanol–water partition coefficient (Wildman–Crippen LogP) is 3.47. The van der Waals surface area contributed by atoms with Gasteiger partial charge >= 0.3 is 0 Å². The number of nitrogens with zero attached hydrogens (tertiary/aromatic N) is 3. The molecule has 2 aliphatic heterocycles. The first-order chi connectivity index (χ1) is 18.0. The van der Waals surface area contributed by atoms with Crippen LogP contribution >= 0.6 is 0 Å². The third kappa shape index (κ3) is 7.24. The summed E-state index contributed by atoms with van der Waals surface area (Å²) in [7, 11) is 0.450. The third-order valence-electron chi connectivity index (χ3n) is 7.29. The second kappa shape index (κ2) is 13.3. The van der Waals surface area contributed by atoms with E-state index in [2.05, 4.69) is 26.7 Å². The Labute approximate surface area is 221 Å². The topological polar surface area (TPSA) is 73.0 Å². The zero-order chi connectivity index (χ0) is 26.2. The number of rotatable bonds is 10. The minimum atomic E-state index is -1.11. The van der Waals surface area contributed by atoms with Gasteiger partial charge in [-0.15, -0.1) is 0 Å². The Hall–Kier alpha value is -2.62. The summed E-state index contributed by atoms with van der Waals surface area (Å²) < 4.78 is 30.1. The number of halogens is 1. The fraction of sp³-hybridized carbons (Fsp3) is 0.500. The number of hydrogen-bond acceptors (Lipinski definition) is 5. The molecule has 0 spiro atoms. The van der Waals surface area contributed by atoms with Gasteiger partial charge in [-0.05, 0) is 54.7 Å². The molecule has 9 heteroatoms. The second-order valence-corrected chi connectivity index (χ2v) is 11.3. The SMILES string of the molecule is CNC(=O)CCC(C=O)c1ccc(N2CCN(Cc3cccc(S(=O)N4CCCCC4)c3)CC2)c(F)c1. The molecule has 2 aliphatic rings. The van der Waals surface area contributed by atoms with E-state index in [0.717, 1.165) is 62.3 Å². The van der Waals surface area contributed by atoms with Gasteiger partial charge in [-0.3, -0.25) is 9.69 Å². The van der Waals surface area contributed by atoms with Crippen molar-refractivity contribution in [3.63, 3.8) is 0 Å². The average molecular weight is 529 g/mol. The lowest BCUT2D eigenvalue weighted by Crippen LogP contribution is -2.46. The summed E-state index contributed by atoms with van der Waals surface area (Å²) in [6.07, 6.45) is 4.79. The number of anilines is 1. The highest BCUT2D eigenvalue weighted by molar-refractivity contribution is 7.82. The highest BCUT2D eigenvalue weighted by atomic mass is 32.2. The molecule has 2 atom stereocenters. The van der Waals surface area contributed by atoms with E-state index in [0.29, 0.717) is 30.8 Å². The van der Waals surface area contributed by atoms with Crippen molar-refractivity contribution in [1.82, 2.24) is 14.5 Å². The summed E-state index contributed by atoms with van der Waals surface area (Å²) in [4.78, 5) is 28.3. The van der Waals surface area contributed by atoms with Crippen LogP contribution in [0.3, 0.4) is 0 Å². The molecular weight excluding hydrogens is 491 g/mol. The summed E-state index contributed by atoms with van der Waals surface area (Å²) in [5, 5.41) is 2.54. The fourth-order valence-corrected chi connectivity index (χ4v) is 6.41. The largest absolute Gasteiger partial charge is 0.367 e. The molecule has 2 saturated heterocycles. The van der Waals surface area contributed by atoms with E-state index in [9.17, 15) is 13.8 Å². The molecule has 2 unspecified atom stereocenters. The molecule has 2 aromatic rings. The van der Waals surface area contributed by atoms with Gasteiger partial charge < -0.3 is 15.0 Å². The lowest BCUT2D eigenvalue weighted by atomic mass is 9.95. The van der Waals surface area contributed by atoms with Gasteiger partial charge in [0.2, 0.25) is 5.91 Å². The molecule has 37 heavy (non-hydrogen) atoms. The first-order valence-electron chi connectivity index (χ1n) is 13.2. The maximum absolute atomic E-state index is 15.0. The number of piperazine rings is 1. The third-order valence-corrected chi connectivity index (χ3v) is 8.79. The molecule has 7 nitrogen and oxygen atoms in total. The molecule has 0 radical (unpaired) electrons. The van der Waals surface area contributed by atoms with E-state index in [-0.39, 0.29) is 18.1 Å². The fourth-order valence-electron chi connectivity index (χ4n) is 5.07. The van der Waals surface area contributed by atoms with Crippen LogP contribution in [0.15, 0.2) is 47.4 Å². The molecule has 0 bridgehead atoms. The van der Waals surface area contributed by atoms with E-state index < -0.39 is 16.9 Å². The van der Waals surface area contributed by atoms with Crippen molar-refractivity contribution in [1.29, 1.82) is 0 Å². The zero-order valence-electron chi connectivity index (χ0n) is 21.5. The molecule has 0 saturated carbocycles. The summed E-state index contributed by atoms with van der Waals surface area (Å²) in [6.45, 7) is 5.54. The molecule has 0 aromatic heterocycles. The van der Waals surface area contributed by atoms with Crippen LogP contribution in [0.5, 0.6) is 0 Å². The number of amides is 1. The Bertz CT molecular complexity index is 1100. The molecule has 1 N–H and O–H groups in total. The monoisotopic (exact) mass is 528 g/mol. The number of benzene rings is 2. The molecule has 2 aromatic carbocycles. The number of nitrogens with one attached hydrogen (secondary N) is 1. The van der Waals surface area contributed by atoms with E-state index in [1.54, 1.807) is 19.2 Å². The maximum atomic E-state index is 15.0. The lowest BCUT2D eigenvalue weighted by molar-refractivity contribution is -0.120. The summed E-state index contributed by atoms with van der Waals surface area (Å²) >= 11 is 0. The Morgan fingerprint density at radius 1 is 1.05 bits per heavy atom. The van der Waals surface area contributed by atoms with Gasteiger partial charge in [0.15, 0.2) is 0 Å². The second-order valence-electron chi connectivity index (χ2n) is 9.81. The summed E-state index contributed by atoms with van der Waals surface area (Å²) in [5.41, 5.74) is 2.28. The summed E-state index contributed by atoms with van der Waals surface area (Å²) in [6, 6.07) is 13.0. The van der Waals surface area contributed by atoms with Gasteiger partial charge in [0.25, 0.3) is 0 Å². The van der Waals surface area contributed by atoms with Crippen molar-refractivity contribution in [2.45, 2.75) is 49.5 Å². The molecule has 1 amide bonds. The van der Waals surface area contributed by atoms with Crippen molar-refractivity contribution in [3.8, 4) is 0 Å². The van der Waals surface area contributed by atoms with Crippen molar-refractivity contribution in [2.24, 2.45) is 0 Å². The number of hydrogen-bond donors (Lipinski definition) is 1. The van der Waals surface area contributed by atoms with Gasteiger partial charge in [-0.2, -0.15) is 0 Å². The van der Waals surface area contributed by atoms with Crippen LogP contribution < -0.4 is 10.2 Å². The van der Waals surface area contributed by atoms with Crippen LogP contribution in [0.2, 0.25) is 0 Å². The van der Waals surface area contributed by atoms with Crippen molar-refractivity contribution in [3.05, 3.63) is 59.4 Å². The van der Waals surface area contributed by atoms with Gasteiger partial charge in [0.1, 0.15) is 23.1 Å². The van der Waals surface area contributed by atoms with Crippen LogP contribution in [0.1, 0.15) is 49.1 Å². The molecule has 2 heterocycles. The zero-order valence-corrected chi connectivity index (χ0v) is 22.4. The Morgan fingerprint density at radius 3 is 2.49 bits per heavy atom. The Kier molecular flexibility index (Phi) is 9.82. The van der Waals surface area contributed by atoms with Gasteiger partial charge in [0.05, 0.1) is 10.6 Å². The first-order valence-corrected chi connectivity index (χ1v) is 14.3. The van der Waals surface area contributed by atoms with Crippen molar-refractivity contribution >= 4 is 28.9 Å². The molecule has 0 aliphatic carbocycles. The quantitative estimate of drug-likeness (QED) is 0.478. The number of carbonyl (C=O) groups is 2. The standard InChI is InChI=1S/C28H37FN4O3S/c1-30-28(35)11-9-24(21-34)23-8-10-27(26(29)19-23)32-16-14-31(15-17-32)20-22-6-5-7-25(18-22)37(36)33-12-3-2-4-13-33/h5-8,10,18-19,21,24H,2-4,9,11-17,20H2,1H3,(H,30,35). The Morgan fingerprint density at radius 2 is 1.81 bits per heavy atom. The van der Waals surface area contributed by atoms with Gasteiger partial charge in [-0.25, -0.2) is 12.9 Å². The highest BCUT2D eigenvalue weighted by Gasteiger charge is 2.22. The minimum Gasteiger partial charge on any atom is -0.367 e. The smallest absolute Gasteiger partial charge is 0.219 e. The molecule has 200 valence electrons. The van der Waals surface area contributed by atoms with E-state index in [1.165, 1.54) is 12.5 Å². The first kappa shape index (κ1) is 27.4. The van der Waals surface area contributed by atoms with Crippen LogP contribution in [0, 0.1) is 5.82 Å². The van der Waals surface area contributed by atoms with Crippen LogP contribution in [-0.2, 0) is 27.1 Å². The minimum absolute atomic E-state index is 0.135. The summed E-state index contributed by atoms with van der Waals surface area (Å²) in [5.74, 6) is -0.979. The number of aldehydes is 1. The van der Waals surface area contributed by atoms with Gasteiger partial charge in [0, 0.05) is 65.2 Å². The highest BCUT2D eigenvalue weighted by Crippen LogP contribution is 2.27. The van der Waals surface area contributed by atoms with Crippen molar-refractivity contribution in [2.75, 3.05) is 51.2 Å². The van der Waals surface area contributed by atoms with Gasteiger partial charge in [-0.1, -0.05) is 24.6 Å². The lowest BCUT2D eigenvalue weighted by Gasteiger charge is -2.36. The van der Waals surface area contributed by atoms with E-state index in [1.807, 2.05) is 17.0 Å². The number of piperidine rings is 1. The van der Waals surface area contributed by atoms with Crippen LogP contribution in [0.25, 0.3) is 0 Å². The van der Waals surface area contributed by atoms with Crippen molar-refractivity contribution < 1.29 is 18.2 Å². The van der Waals surface area contributed by atoms with E-state index in [4.69, 9.17) is 0 Å². The van der Waals surface area contributed by atoms with Crippen LogP contribution in [0.4, 0.5) is 10.1 Å². The average Bonchev–Trinajstić information content (AvgIpc) is 2.94. The normalized spacial score (nSPS) is 18.8.